The van der Waals surface area contributed by atoms with Crippen molar-refractivity contribution >= 4 is 17.2 Å². The third kappa shape index (κ3) is 1.98. The van der Waals surface area contributed by atoms with Crippen LogP contribution in [0, 0.1) is 0 Å². The van der Waals surface area contributed by atoms with Crippen molar-refractivity contribution in [1.82, 2.24) is 0 Å². The fourth-order valence-electron chi connectivity index (χ4n) is 2.29. The molecule has 0 bridgehead atoms. The molecular formula is C16H13NO2. The van der Waals surface area contributed by atoms with Crippen molar-refractivity contribution in [2.45, 2.75) is 6.10 Å². The molecule has 3 rings (SSSR count). The fourth-order valence-corrected chi connectivity index (χ4v) is 2.29. The van der Waals surface area contributed by atoms with Gasteiger partial charge in [-0.1, -0.05) is 48.5 Å². The van der Waals surface area contributed by atoms with E-state index in [1.165, 1.54) is 0 Å². The van der Waals surface area contributed by atoms with Crippen LogP contribution in [0.1, 0.15) is 17.2 Å². The molecule has 0 amide bonds. The summed E-state index contributed by atoms with van der Waals surface area (Å²) in [6.07, 6.45) is -0.566. The van der Waals surface area contributed by atoms with E-state index >= 15 is 0 Å². The van der Waals surface area contributed by atoms with Crippen molar-refractivity contribution in [3.05, 3.63) is 65.7 Å². The first-order valence-corrected chi connectivity index (χ1v) is 6.11. The molecule has 1 unspecified atom stereocenters. The molecule has 0 N–H and O–H groups in total. The second-order valence-electron chi connectivity index (χ2n) is 4.37. The maximum atomic E-state index is 12.5. The lowest BCUT2D eigenvalue weighted by Crippen LogP contribution is -2.27. The number of benzene rings is 2. The van der Waals surface area contributed by atoms with Gasteiger partial charge in [-0.15, -0.1) is 0 Å². The maximum absolute atomic E-state index is 12.5. The first-order valence-electron chi connectivity index (χ1n) is 6.11. The highest BCUT2D eigenvalue weighted by atomic mass is 16.5. The summed E-state index contributed by atoms with van der Waals surface area (Å²) in [5.41, 5.74) is 2.91. The van der Waals surface area contributed by atoms with Gasteiger partial charge in [-0.25, -0.2) is 4.99 Å². The van der Waals surface area contributed by atoms with Crippen molar-refractivity contribution in [2.75, 3.05) is 7.11 Å². The first-order chi connectivity index (χ1) is 9.31. The van der Waals surface area contributed by atoms with E-state index in [0.717, 1.165) is 16.8 Å². The van der Waals surface area contributed by atoms with Crippen molar-refractivity contribution in [2.24, 2.45) is 4.99 Å². The van der Waals surface area contributed by atoms with E-state index < -0.39 is 6.10 Å². The van der Waals surface area contributed by atoms with E-state index in [4.69, 9.17) is 4.74 Å². The monoisotopic (exact) mass is 251 g/mol. The summed E-state index contributed by atoms with van der Waals surface area (Å²) >= 11 is 0. The number of ketones is 1. The van der Waals surface area contributed by atoms with Crippen molar-refractivity contribution in [3.8, 4) is 0 Å². The minimum absolute atomic E-state index is 0.0904. The Hall–Kier alpha value is -2.26. The van der Waals surface area contributed by atoms with E-state index in [-0.39, 0.29) is 5.78 Å². The van der Waals surface area contributed by atoms with Crippen LogP contribution in [0.3, 0.4) is 0 Å². The molecule has 3 nitrogen and oxygen atoms in total. The lowest BCUT2D eigenvalue weighted by Gasteiger charge is -2.22. The van der Waals surface area contributed by atoms with Gasteiger partial charge in [-0.2, -0.15) is 0 Å². The molecule has 2 aromatic carbocycles. The van der Waals surface area contributed by atoms with Crippen LogP contribution in [0.15, 0.2) is 59.6 Å². The second kappa shape index (κ2) is 4.78. The quantitative estimate of drug-likeness (QED) is 0.822. The van der Waals surface area contributed by atoms with Gasteiger partial charge in [0.2, 0.25) is 5.78 Å². The number of Topliss-reactive ketones (excluding diaryl/α,β-unsaturated/α-hetero) is 1. The van der Waals surface area contributed by atoms with E-state index in [2.05, 4.69) is 4.99 Å². The normalized spacial score (nSPS) is 17.8. The maximum Gasteiger partial charge on any atom is 0.215 e. The number of hydrogen-bond donors (Lipinski definition) is 0. The Labute approximate surface area is 111 Å². The summed E-state index contributed by atoms with van der Waals surface area (Å²) in [5, 5.41) is 0. The number of carbonyl (C=O) groups excluding carboxylic acids is 1. The van der Waals surface area contributed by atoms with Gasteiger partial charge in [0.25, 0.3) is 0 Å². The lowest BCUT2D eigenvalue weighted by atomic mass is 9.93. The number of para-hydroxylation sites is 1. The molecule has 0 aromatic heterocycles. The Morgan fingerprint density at radius 1 is 1.00 bits per heavy atom. The number of rotatable bonds is 2. The largest absolute Gasteiger partial charge is 0.368 e. The Balaban J connectivity index is 2.17. The van der Waals surface area contributed by atoms with Crippen molar-refractivity contribution < 1.29 is 9.53 Å². The van der Waals surface area contributed by atoms with Gasteiger partial charge in [0, 0.05) is 18.2 Å². The van der Waals surface area contributed by atoms with Gasteiger partial charge >= 0.3 is 0 Å². The standard InChI is InChI=1S/C16H13NO2/c1-19-16-12-9-5-6-10-13(12)17-14(15(16)18)11-7-3-2-4-8-11/h2-10,16H,1H3. The molecule has 1 aliphatic rings. The SMILES string of the molecule is COC1C(=O)C(c2ccccc2)=Nc2ccccc21. The van der Waals surface area contributed by atoms with E-state index in [0.29, 0.717) is 5.71 Å². The molecule has 3 heteroatoms. The van der Waals surface area contributed by atoms with E-state index in [9.17, 15) is 4.79 Å². The molecular weight excluding hydrogens is 238 g/mol. The molecule has 19 heavy (non-hydrogen) atoms. The van der Waals surface area contributed by atoms with Gasteiger partial charge in [0.1, 0.15) is 11.8 Å². The summed E-state index contributed by atoms with van der Waals surface area (Å²) in [7, 11) is 1.55. The molecule has 0 saturated heterocycles. The number of hydrogen-bond acceptors (Lipinski definition) is 3. The summed E-state index contributed by atoms with van der Waals surface area (Å²) in [4.78, 5) is 16.9. The van der Waals surface area contributed by atoms with Gasteiger partial charge < -0.3 is 4.74 Å². The molecule has 0 saturated carbocycles. The second-order valence-corrected chi connectivity index (χ2v) is 4.37. The number of nitrogens with zero attached hydrogens (tertiary/aromatic N) is 1. The Bertz CT molecular complexity index is 647. The highest BCUT2D eigenvalue weighted by molar-refractivity contribution is 6.48. The zero-order chi connectivity index (χ0) is 13.2. The number of carbonyl (C=O) groups is 1. The molecule has 0 radical (unpaired) electrons. The predicted octanol–water partition coefficient (Wildman–Crippen LogP) is 3.08. The fraction of sp³-hybridized carbons (Fsp3) is 0.125. The molecule has 1 heterocycles. The average molecular weight is 251 g/mol. The van der Waals surface area contributed by atoms with E-state index in [1.807, 2.05) is 54.6 Å². The summed E-state index contributed by atoms with van der Waals surface area (Å²) in [6, 6.07) is 17.1. The van der Waals surface area contributed by atoms with Crippen LogP contribution >= 0.6 is 0 Å². The zero-order valence-electron chi connectivity index (χ0n) is 10.5. The van der Waals surface area contributed by atoms with Crippen LogP contribution in [0.25, 0.3) is 0 Å². The first kappa shape index (κ1) is 11.8. The third-order valence-electron chi connectivity index (χ3n) is 3.21. The molecule has 1 atom stereocenters. The molecule has 94 valence electrons. The van der Waals surface area contributed by atoms with Crippen molar-refractivity contribution in [1.29, 1.82) is 0 Å². The smallest absolute Gasteiger partial charge is 0.215 e. The van der Waals surface area contributed by atoms with Crippen LogP contribution < -0.4 is 0 Å². The summed E-state index contributed by atoms with van der Waals surface area (Å²) in [6.45, 7) is 0. The molecule has 0 aliphatic carbocycles. The van der Waals surface area contributed by atoms with Crippen LogP contribution in [0.5, 0.6) is 0 Å². The topological polar surface area (TPSA) is 38.7 Å². The highest BCUT2D eigenvalue weighted by Gasteiger charge is 2.31. The third-order valence-corrected chi connectivity index (χ3v) is 3.21. The summed E-state index contributed by atoms with van der Waals surface area (Å²) < 4.78 is 5.35. The van der Waals surface area contributed by atoms with Crippen molar-refractivity contribution in [3.63, 3.8) is 0 Å². The Morgan fingerprint density at radius 2 is 1.68 bits per heavy atom. The molecule has 0 spiro atoms. The number of aliphatic imine (C=N–C) groups is 1. The van der Waals surface area contributed by atoms with Crippen LogP contribution in [-0.2, 0) is 9.53 Å². The average Bonchev–Trinajstić information content (AvgIpc) is 2.47. The van der Waals surface area contributed by atoms with Gasteiger partial charge in [-0.3, -0.25) is 4.79 Å². The van der Waals surface area contributed by atoms with Gasteiger partial charge in [0.05, 0.1) is 5.69 Å². The number of methoxy groups -OCH3 is 1. The molecule has 0 fully saturated rings. The lowest BCUT2D eigenvalue weighted by molar-refractivity contribution is -0.122. The zero-order valence-corrected chi connectivity index (χ0v) is 10.5. The van der Waals surface area contributed by atoms with Crippen LogP contribution in [-0.4, -0.2) is 18.6 Å². The van der Waals surface area contributed by atoms with Gasteiger partial charge in [-0.05, 0) is 6.07 Å². The number of ether oxygens (including phenoxy) is 1. The number of fused-ring (bicyclic) bond motifs is 1. The van der Waals surface area contributed by atoms with E-state index in [1.54, 1.807) is 7.11 Å². The highest BCUT2D eigenvalue weighted by Crippen LogP contribution is 2.34. The Morgan fingerprint density at radius 3 is 2.42 bits per heavy atom. The minimum Gasteiger partial charge on any atom is -0.368 e. The van der Waals surface area contributed by atoms with Crippen LogP contribution in [0.2, 0.25) is 0 Å². The van der Waals surface area contributed by atoms with Crippen LogP contribution in [0.4, 0.5) is 5.69 Å². The minimum atomic E-state index is -0.566. The Kier molecular flexibility index (Phi) is 2.97. The predicted molar refractivity (Wildman–Crippen MR) is 73.8 cm³/mol. The summed E-state index contributed by atoms with van der Waals surface area (Å²) in [5.74, 6) is -0.0904. The molecule has 1 aliphatic heterocycles. The molecule has 2 aromatic rings. The van der Waals surface area contributed by atoms with Gasteiger partial charge in [0.15, 0.2) is 0 Å².